The zero-order valence-electron chi connectivity index (χ0n) is 12.5. The zero-order chi connectivity index (χ0) is 11.7. The van der Waals surface area contributed by atoms with Crippen LogP contribution in [-0.4, -0.2) is 5.48 Å². The Balaban J connectivity index is -0.000000980. The van der Waals surface area contributed by atoms with E-state index in [1.165, 1.54) is 38.5 Å². The Bertz CT molecular complexity index is 137. The number of hydrogen-bond acceptors (Lipinski definition) is 0. The first-order valence-electron chi connectivity index (χ1n) is 6.85. The minimum Gasteiger partial charge on any atom is -0.412 e. The van der Waals surface area contributed by atoms with Gasteiger partial charge >= 0.3 is 0 Å². The van der Waals surface area contributed by atoms with Crippen molar-refractivity contribution < 1.29 is 38.2 Å². The summed E-state index contributed by atoms with van der Waals surface area (Å²) in [4.78, 5) is 0. The Hall–Kier alpha value is 1.06. The molecule has 0 saturated heterocycles. The van der Waals surface area contributed by atoms with Crippen molar-refractivity contribution in [1.29, 1.82) is 0 Å². The summed E-state index contributed by atoms with van der Waals surface area (Å²) in [5.74, 6) is 2.64. The Morgan fingerprint density at radius 1 is 0.765 bits per heavy atom. The van der Waals surface area contributed by atoms with Crippen molar-refractivity contribution in [3.8, 4) is 0 Å². The fourth-order valence-corrected chi connectivity index (χ4v) is 1.98. The molecule has 2 unspecified atom stereocenters. The van der Waals surface area contributed by atoms with Gasteiger partial charge in [-0.2, -0.15) is 6.42 Å². The number of rotatable bonds is 9. The summed E-state index contributed by atoms with van der Waals surface area (Å²) >= 11 is 0. The van der Waals surface area contributed by atoms with E-state index >= 15 is 0 Å². The van der Waals surface area contributed by atoms with Crippen LogP contribution in [0.15, 0.2) is 0 Å². The van der Waals surface area contributed by atoms with Crippen molar-refractivity contribution in [3.05, 3.63) is 6.92 Å². The van der Waals surface area contributed by atoms with Gasteiger partial charge in [0.2, 0.25) is 0 Å². The monoisotopic (exact) mass is 318 g/mol. The second-order valence-electron chi connectivity index (χ2n) is 5.75. The van der Waals surface area contributed by atoms with Gasteiger partial charge < -0.3 is 12.4 Å². The van der Waals surface area contributed by atoms with E-state index in [0.29, 0.717) is 0 Å². The summed E-state index contributed by atoms with van der Waals surface area (Å²) in [7, 11) is 0. The Morgan fingerprint density at radius 3 is 1.59 bits per heavy atom. The maximum Gasteiger partial charge on any atom is 0 e. The first kappa shape index (κ1) is 23.2. The predicted molar refractivity (Wildman–Crippen MR) is 74.5 cm³/mol. The van der Waals surface area contributed by atoms with Crippen LogP contribution in [-0.2, 0) is 32.7 Å². The van der Waals surface area contributed by atoms with Gasteiger partial charge in [0.25, 0.3) is 0 Å². The topological polar surface area (TPSA) is 31.5 Å². The van der Waals surface area contributed by atoms with Gasteiger partial charge in [-0.3, -0.25) is 0 Å². The molecule has 0 bridgehead atoms. The summed E-state index contributed by atoms with van der Waals surface area (Å²) in [6, 6.07) is 0. The van der Waals surface area contributed by atoms with Gasteiger partial charge in [0.1, 0.15) is 0 Å². The van der Waals surface area contributed by atoms with Crippen LogP contribution < -0.4 is 0 Å². The van der Waals surface area contributed by atoms with E-state index < -0.39 is 0 Å². The van der Waals surface area contributed by atoms with Crippen LogP contribution in [0.25, 0.3) is 0 Å². The van der Waals surface area contributed by atoms with Gasteiger partial charge in [0, 0.05) is 32.7 Å². The number of hydrogen-bond donors (Lipinski definition) is 0. The van der Waals surface area contributed by atoms with Gasteiger partial charge in [0.05, 0.1) is 0 Å². The molecule has 1 radical (unpaired) electrons. The first-order valence-corrected chi connectivity index (χ1v) is 6.85. The predicted octanol–water partition coefficient (Wildman–Crippen LogP) is 4.65. The third-order valence-electron chi connectivity index (χ3n) is 3.37. The summed E-state index contributed by atoms with van der Waals surface area (Å²) < 4.78 is 0. The van der Waals surface area contributed by atoms with Crippen molar-refractivity contribution in [2.24, 2.45) is 17.8 Å². The van der Waals surface area contributed by atoms with Crippen LogP contribution in [0.1, 0.15) is 72.6 Å². The van der Waals surface area contributed by atoms with E-state index in [0.717, 1.165) is 24.2 Å². The molecule has 2 heteroatoms. The Morgan fingerprint density at radius 2 is 1.18 bits per heavy atom. The van der Waals surface area contributed by atoms with Gasteiger partial charge in [-0.15, -0.1) is 0 Å². The van der Waals surface area contributed by atoms with Crippen molar-refractivity contribution in [1.82, 2.24) is 0 Å². The molecule has 0 aliphatic rings. The quantitative estimate of drug-likeness (QED) is 0.554. The molecule has 0 aromatic rings. The largest absolute Gasteiger partial charge is 0.412 e. The molecule has 103 valence electrons. The molecule has 0 fully saturated rings. The molecule has 0 aliphatic heterocycles. The normalized spacial score (nSPS) is 13.8. The van der Waals surface area contributed by atoms with Gasteiger partial charge in [-0.25, -0.2) is 0 Å². The molecule has 0 rings (SSSR count). The molecular weight excluding hydrogens is 285 g/mol. The average molecular weight is 318 g/mol. The van der Waals surface area contributed by atoms with Crippen LogP contribution in [0, 0.1) is 24.7 Å². The maximum atomic E-state index is 3.95. The Labute approximate surface area is 135 Å². The van der Waals surface area contributed by atoms with Crippen molar-refractivity contribution >= 4 is 0 Å². The van der Waals surface area contributed by atoms with Crippen molar-refractivity contribution in [2.75, 3.05) is 0 Å². The molecule has 2 N–H and O–H groups in total. The third-order valence-corrected chi connectivity index (χ3v) is 3.37. The van der Waals surface area contributed by atoms with Crippen molar-refractivity contribution in [3.63, 3.8) is 0 Å². The molecule has 0 spiro atoms. The molecule has 17 heavy (non-hydrogen) atoms. The first-order chi connectivity index (χ1) is 7.06. The summed E-state index contributed by atoms with van der Waals surface area (Å²) in [5.41, 5.74) is 0. The molecule has 0 amide bonds. The molecule has 0 aromatic heterocycles. The van der Waals surface area contributed by atoms with Crippen LogP contribution in [0.3, 0.4) is 0 Å². The zero-order valence-corrected chi connectivity index (χ0v) is 15.3. The second kappa shape index (κ2) is 15.1. The molecule has 1 nitrogen and oxygen atoms in total. The van der Waals surface area contributed by atoms with Gasteiger partial charge in [-0.05, 0) is 11.8 Å². The molecular formula is C15H33OY-. The van der Waals surface area contributed by atoms with E-state index in [9.17, 15) is 0 Å². The smallest absolute Gasteiger partial charge is 0 e. The summed E-state index contributed by atoms with van der Waals surface area (Å²) in [5, 5.41) is 0. The van der Waals surface area contributed by atoms with Gasteiger partial charge in [0.15, 0.2) is 0 Å². The molecule has 0 aromatic carbocycles. The molecule has 2 atom stereocenters. The standard InChI is InChI=1S/C15H31.H2O.Y/c1-6-14(4)10-8-12-15(5)11-7-9-13(2)3;;/h13-15H,1,6-12H2,2-5H3;1H2;/q-1;;. The average Bonchev–Trinajstić information content (AvgIpc) is 2.17. The fraction of sp³-hybridized carbons (Fsp3) is 0.933. The SMILES string of the molecule is O.[CH2-]CC(C)CCCC(C)CCCC(C)C.[Y]. The molecule has 0 heterocycles. The maximum absolute atomic E-state index is 3.95. The van der Waals surface area contributed by atoms with Crippen LogP contribution in [0.5, 0.6) is 0 Å². The van der Waals surface area contributed by atoms with E-state index in [1.54, 1.807) is 0 Å². The molecule has 0 saturated carbocycles. The fourth-order valence-electron chi connectivity index (χ4n) is 1.98. The van der Waals surface area contributed by atoms with E-state index in [1.807, 2.05) is 0 Å². The van der Waals surface area contributed by atoms with E-state index in [2.05, 4.69) is 34.6 Å². The minimum absolute atomic E-state index is 0. The van der Waals surface area contributed by atoms with Crippen LogP contribution >= 0.6 is 0 Å². The minimum atomic E-state index is 0. The van der Waals surface area contributed by atoms with Gasteiger partial charge in [-0.1, -0.05) is 72.1 Å². The summed E-state index contributed by atoms with van der Waals surface area (Å²) in [6.45, 7) is 13.3. The van der Waals surface area contributed by atoms with E-state index in [4.69, 9.17) is 0 Å². The van der Waals surface area contributed by atoms with E-state index in [-0.39, 0.29) is 38.2 Å². The van der Waals surface area contributed by atoms with Crippen LogP contribution in [0.4, 0.5) is 0 Å². The summed E-state index contributed by atoms with van der Waals surface area (Å²) in [6.07, 6.45) is 9.54. The second-order valence-corrected chi connectivity index (χ2v) is 5.75. The van der Waals surface area contributed by atoms with Crippen LogP contribution in [0.2, 0.25) is 0 Å². The van der Waals surface area contributed by atoms with Crippen molar-refractivity contribution in [2.45, 2.75) is 72.6 Å². The Kier molecular flexibility index (Phi) is 20.6. The molecule has 0 aliphatic carbocycles. The third kappa shape index (κ3) is 17.1.